The number of sulfone groups is 1. The van der Waals surface area contributed by atoms with E-state index in [1.807, 2.05) is 13.8 Å². The van der Waals surface area contributed by atoms with Crippen LogP contribution in [0.2, 0.25) is 0 Å². The zero-order valence-electron chi connectivity index (χ0n) is 14.7. The molecule has 1 aromatic carbocycles. The van der Waals surface area contributed by atoms with E-state index in [2.05, 4.69) is 15.9 Å². The third-order valence-corrected chi connectivity index (χ3v) is 7.11. The molecule has 25 heavy (non-hydrogen) atoms. The summed E-state index contributed by atoms with van der Waals surface area (Å²) in [6.45, 7) is 6.87. The first-order chi connectivity index (χ1) is 11.7. The molecule has 0 unspecified atom stereocenters. The maximum Gasteiger partial charge on any atom is 0.223 e. The molecule has 1 aliphatic rings. The minimum absolute atomic E-state index is 0.0516. The van der Waals surface area contributed by atoms with Crippen molar-refractivity contribution in [3.05, 3.63) is 22.2 Å². The third-order valence-electron chi connectivity index (χ3n) is 4.44. The number of halogens is 1. The quantitative estimate of drug-likeness (QED) is 0.693. The molecule has 0 aliphatic carbocycles. The molecule has 1 heterocycles. The van der Waals surface area contributed by atoms with E-state index < -0.39 is 9.84 Å². The molecule has 0 radical (unpaired) electrons. The highest BCUT2D eigenvalue weighted by Gasteiger charge is 2.28. The summed E-state index contributed by atoms with van der Waals surface area (Å²) in [6.07, 6.45) is 0.651. The van der Waals surface area contributed by atoms with Gasteiger partial charge in [-0.05, 0) is 53.9 Å². The van der Waals surface area contributed by atoms with Crippen molar-refractivity contribution in [2.24, 2.45) is 0 Å². The maximum absolute atomic E-state index is 12.7. The molecule has 0 bridgehead atoms. The number of benzene rings is 1. The number of carbonyl (C=O) groups is 2. The van der Waals surface area contributed by atoms with Crippen LogP contribution in [-0.4, -0.2) is 50.5 Å². The van der Waals surface area contributed by atoms with Crippen LogP contribution >= 0.6 is 15.9 Å². The Balaban J connectivity index is 2.27. The topological polar surface area (TPSA) is 74.8 Å². The molecular formula is C17H23BrN2O4S. The van der Waals surface area contributed by atoms with E-state index in [0.717, 1.165) is 5.56 Å². The molecule has 0 fully saturated rings. The Morgan fingerprint density at radius 1 is 1.24 bits per heavy atom. The van der Waals surface area contributed by atoms with Gasteiger partial charge in [0.15, 0.2) is 9.84 Å². The van der Waals surface area contributed by atoms with Crippen molar-refractivity contribution >= 4 is 43.3 Å². The van der Waals surface area contributed by atoms with Gasteiger partial charge in [-0.2, -0.15) is 0 Å². The first-order valence-electron chi connectivity index (χ1n) is 8.32. The lowest BCUT2D eigenvalue weighted by Crippen LogP contribution is -2.31. The van der Waals surface area contributed by atoms with Crippen molar-refractivity contribution in [2.75, 3.05) is 30.3 Å². The fourth-order valence-corrected chi connectivity index (χ4v) is 5.46. The molecular weight excluding hydrogens is 408 g/mol. The Morgan fingerprint density at radius 2 is 1.88 bits per heavy atom. The standard InChI is InChI=1S/C17H23BrN2O4S/c1-4-19(5-2)17(22)7-9-25(23,24)16-11-15-13(10-14(16)18)6-8-20(15)12(3)21/h10-11H,4-9H2,1-3H3. The average molecular weight is 431 g/mol. The summed E-state index contributed by atoms with van der Waals surface area (Å²) in [6, 6.07) is 3.31. The van der Waals surface area contributed by atoms with Gasteiger partial charge in [-0.25, -0.2) is 8.42 Å². The van der Waals surface area contributed by atoms with Gasteiger partial charge < -0.3 is 9.80 Å². The fourth-order valence-electron chi connectivity index (χ4n) is 3.02. The van der Waals surface area contributed by atoms with Crippen molar-refractivity contribution < 1.29 is 18.0 Å². The van der Waals surface area contributed by atoms with Crippen LogP contribution in [0.4, 0.5) is 5.69 Å². The molecule has 0 spiro atoms. The van der Waals surface area contributed by atoms with Crippen molar-refractivity contribution in [3.8, 4) is 0 Å². The van der Waals surface area contributed by atoms with E-state index in [1.54, 1.807) is 21.9 Å². The van der Waals surface area contributed by atoms with Crippen molar-refractivity contribution in [3.63, 3.8) is 0 Å². The van der Waals surface area contributed by atoms with E-state index >= 15 is 0 Å². The second-order valence-electron chi connectivity index (χ2n) is 5.97. The van der Waals surface area contributed by atoms with E-state index in [4.69, 9.17) is 0 Å². The summed E-state index contributed by atoms with van der Waals surface area (Å²) in [5, 5.41) is 0. The minimum Gasteiger partial charge on any atom is -0.343 e. The van der Waals surface area contributed by atoms with E-state index in [9.17, 15) is 18.0 Å². The summed E-state index contributed by atoms with van der Waals surface area (Å²) in [5.41, 5.74) is 1.59. The molecule has 2 rings (SSSR count). The predicted octanol–water partition coefficient (Wildman–Crippen LogP) is 2.39. The van der Waals surface area contributed by atoms with Gasteiger partial charge in [0.2, 0.25) is 11.8 Å². The summed E-state index contributed by atoms with van der Waals surface area (Å²) < 4.78 is 25.9. The third kappa shape index (κ3) is 4.23. The predicted molar refractivity (Wildman–Crippen MR) is 100 cm³/mol. The van der Waals surface area contributed by atoms with Gasteiger partial charge in [0.05, 0.1) is 10.6 Å². The molecule has 1 aliphatic heterocycles. The summed E-state index contributed by atoms with van der Waals surface area (Å²) in [5.74, 6) is -0.530. The number of amides is 2. The molecule has 6 nitrogen and oxygen atoms in total. The number of carbonyl (C=O) groups excluding carboxylic acids is 2. The van der Waals surface area contributed by atoms with Crippen molar-refractivity contribution in [1.29, 1.82) is 0 Å². The van der Waals surface area contributed by atoms with Crippen LogP contribution < -0.4 is 4.90 Å². The number of rotatable bonds is 6. The Bertz CT molecular complexity index is 788. The zero-order chi connectivity index (χ0) is 18.8. The SMILES string of the molecule is CCN(CC)C(=O)CCS(=O)(=O)c1cc2c(cc1Br)CCN2C(C)=O. The number of anilines is 1. The molecule has 0 saturated carbocycles. The number of fused-ring (bicyclic) bond motifs is 1. The lowest BCUT2D eigenvalue weighted by Gasteiger charge is -2.19. The summed E-state index contributed by atoms with van der Waals surface area (Å²) in [7, 11) is -3.64. The molecule has 0 saturated heterocycles. The van der Waals surface area contributed by atoms with E-state index in [-0.39, 0.29) is 28.9 Å². The van der Waals surface area contributed by atoms with Crippen LogP contribution in [-0.2, 0) is 25.8 Å². The lowest BCUT2D eigenvalue weighted by atomic mass is 10.2. The molecule has 2 amide bonds. The molecule has 8 heteroatoms. The molecule has 0 atom stereocenters. The Morgan fingerprint density at radius 3 is 2.44 bits per heavy atom. The van der Waals surface area contributed by atoms with Crippen LogP contribution in [0, 0.1) is 0 Å². The van der Waals surface area contributed by atoms with Gasteiger partial charge in [0, 0.05) is 43.1 Å². The largest absolute Gasteiger partial charge is 0.343 e. The lowest BCUT2D eigenvalue weighted by molar-refractivity contribution is -0.130. The van der Waals surface area contributed by atoms with Gasteiger partial charge in [-0.3, -0.25) is 9.59 Å². The molecule has 0 aromatic heterocycles. The molecule has 138 valence electrons. The number of hydrogen-bond donors (Lipinski definition) is 0. The van der Waals surface area contributed by atoms with Gasteiger partial charge in [-0.1, -0.05) is 0 Å². The van der Waals surface area contributed by atoms with Crippen LogP contribution in [0.1, 0.15) is 32.8 Å². The minimum atomic E-state index is -3.64. The normalized spacial score (nSPS) is 13.7. The Hall–Kier alpha value is -1.41. The van der Waals surface area contributed by atoms with Gasteiger partial charge in [0.25, 0.3) is 0 Å². The highest BCUT2D eigenvalue weighted by Crippen LogP contribution is 2.36. The first-order valence-corrected chi connectivity index (χ1v) is 10.8. The van der Waals surface area contributed by atoms with E-state index in [0.29, 0.717) is 36.2 Å². The highest BCUT2D eigenvalue weighted by molar-refractivity contribution is 9.10. The average Bonchev–Trinajstić information content (AvgIpc) is 2.96. The van der Waals surface area contributed by atoms with Gasteiger partial charge in [-0.15, -0.1) is 0 Å². The van der Waals surface area contributed by atoms with Crippen LogP contribution in [0.3, 0.4) is 0 Å². The summed E-state index contributed by atoms with van der Waals surface area (Å²) in [4.78, 5) is 27.2. The Kier molecular flexibility index (Phi) is 6.26. The number of nitrogens with zero attached hydrogens (tertiary/aromatic N) is 2. The zero-order valence-corrected chi connectivity index (χ0v) is 17.1. The van der Waals surface area contributed by atoms with Gasteiger partial charge in [0.1, 0.15) is 0 Å². The fraction of sp³-hybridized carbons (Fsp3) is 0.529. The maximum atomic E-state index is 12.7. The first kappa shape index (κ1) is 19.9. The van der Waals surface area contributed by atoms with Crippen LogP contribution in [0.25, 0.3) is 0 Å². The molecule has 1 aromatic rings. The van der Waals surface area contributed by atoms with E-state index in [1.165, 1.54) is 6.92 Å². The van der Waals surface area contributed by atoms with Crippen molar-refractivity contribution in [2.45, 2.75) is 38.5 Å². The second-order valence-corrected chi connectivity index (χ2v) is 8.90. The molecule has 0 N–H and O–H groups in total. The van der Waals surface area contributed by atoms with Crippen LogP contribution in [0.15, 0.2) is 21.5 Å². The van der Waals surface area contributed by atoms with Crippen LogP contribution in [0.5, 0.6) is 0 Å². The van der Waals surface area contributed by atoms with Gasteiger partial charge >= 0.3 is 0 Å². The highest BCUT2D eigenvalue weighted by atomic mass is 79.9. The Labute approximate surface area is 157 Å². The van der Waals surface area contributed by atoms with Crippen molar-refractivity contribution in [1.82, 2.24) is 4.90 Å². The second kappa shape index (κ2) is 7.86. The summed E-state index contributed by atoms with van der Waals surface area (Å²) >= 11 is 3.33. The number of hydrogen-bond acceptors (Lipinski definition) is 4. The smallest absolute Gasteiger partial charge is 0.223 e. The monoisotopic (exact) mass is 430 g/mol.